The van der Waals surface area contributed by atoms with Crippen LogP contribution in [0.5, 0.6) is 0 Å². The van der Waals surface area contributed by atoms with Gasteiger partial charge in [-0.05, 0) is 58.7 Å². The number of carbonyl (C=O) groups excluding carboxylic acids is 1. The van der Waals surface area contributed by atoms with Crippen molar-refractivity contribution in [3.8, 4) is 11.4 Å². The molecule has 3 aromatic heterocycles. The molecule has 1 saturated carbocycles. The molecule has 0 aliphatic heterocycles. The zero-order chi connectivity index (χ0) is 24.9. The smallest absolute Gasteiger partial charge is 0.295 e. The van der Waals surface area contributed by atoms with Gasteiger partial charge in [-0.2, -0.15) is 0 Å². The van der Waals surface area contributed by atoms with Gasteiger partial charge < -0.3 is 9.13 Å². The molecule has 1 aliphatic rings. The zero-order valence-electron chi connectivity index (χ0n) is 20.8. The molecule has 3 heterocycles. The molecule has 0 amide bonds. The SMILES string of the molecule is CCn1c(SCC(=O)c2cc(C)n(-c3c(C)n(C)n(-c4ccccc4)c3=O)c2C)nnc1C1CC1. The van der Waals surface area contributed by atoms with Crippen molar-refractivity contribution in [2.45, 2.75) is 58.2 Å². The standard InChI is InChI=1S/C26H30N6O2S/c1-6-30-24(19-12-13-19)27-28-26(30)35-15-22(33)21-14-16(2)31(17(21)3)23-18(4)29(5)32(25(23)34)20-10-8-7-9-11-20/h7-11,14,19H,6,12-13,15H2,1-5H3. The van der Waals surface area contributed by atoms with Crippen LogP contribution >= 0.6 is 11.8 Å². The van der Waals surface area contributed by atoms with Crippen molar-refractivity contribution in [3.63, 3.8) is 0 Å². The molecule has 0 atom stereocenters. The minimum Gasteiger partial charge on any atom is -0.311 e. The minimum atomic E-state index is -0.116. The fraction of sp³-hybridized carbons (Fsp3) is 0.385. The van der Waals surface area contributed by atoms with Crippen LogP contribution in [0.2, 0.25) is 0 Å². The Morgan fingerprint density at radius 1 is 1.09 bits per heavy atom. The maximum atomic E-state index is 13.6. The lowest BCUT2D eigenvalue weighted by Crippen LogP contribution is -2.22. The highest BCUT2D eigenvalue weighted by Crippen LogP contribution is 2.40. The first-order valence-electron chi connectivity index (χ1n) is 12.0. The fourth-order valence-electron chi connectivity index (χ4n) is 4.76. The van der Waals surface area contributed by atoms with E-state index in [9.17, 15) is 9.59 Å². The first-order valence-corrected chi connectivity index (χ1v) is 12.9. The number of aromatic nitrogens is 6. The highest BCUT2D eigenvalue weighted by Gasteiger charge is 2.30. The van der Waals surface area contributed by atoms with Crippen molar-refractivity contribution in [3.05, 3.63) is 75.2 Å². The van der Waals surface area contributed by atoms with Crippen LogP contribution < -0.4 is 5.56 Å². The summed E-state index contributed by atoms with van der Waals surface area (Å²) < 4.78 is 7.56. The second-order valence-electron chi connectivity index (χ2n) is 9.10. The van der Waals surface area contributed by atoms with Gasteiger partial charge in [0, 0.05) is 36.5 Å². The molecular formula is C26H30N6O2S. The number of carbonyl (C=O) groups is 1. The molecule has 8 nitrogen and oxygen atoms in total. The van der Waals surface area contributed by atoms with E-state index >= 15 is 0 Å². The maximum Gasteiger partial charge on any atom is 0.295 e. The van der Waals surface area contributed by atoms with Gasteiger partial charge in [0.25, 0.3) is 5.56 Å². The number of Topliss-reactive ketones (excluding diaryl/α,β-unsaturated/α-hetero) is 1. The highest BCUT2D eigenvalue weighted by atomic mass is 32.2. The summed E-state index contributed by atoms with van der Waals surface area (Å²) in [6, 6.07) is 11.5. The zero-order valence-corrected chi connectivity index (χ0v) is 21.6. The van der Waals surface area contributed by atoms with E-state index in [0.717, 1.165) is 40.3 Å². The third-order valence-corrected chi connectivity index (χ3v) is 7.78. The van der Waals surface area contributed by atoms with Crippen molar-refractivity contribution in [1.82, 2.24) is 28.7 Å². The van der Waals surface area contributed by atoms with Crippen molar-refractivity contribution >= 4 is 17.5 Å². The summed E-state index contributed by atoms with van der Waals surface area (Å²) in [5.74, 6) is 1.84. The van der Waals surface area contributed by atoms with E-state index in [2.05, 4.69) is 21.7 Å². The van der Waals surface area contributed by atoms with Gasteiger partial charge >= 0.3 is 0 Å². The van der Waals surface area contributed by atoms with Gasteiger partial charge in [0.2, 0.25) is 0 Å². The molecule has 1 fully saturated rings. The quantitative estimate of drug-likeness (QED) is 0.271. The monoisotopic (exact) mass is 490 g/mol. The summed E-state index contributed by atoms with van der Waals surface area (Å²) in [6.07, 6.45) is 2.33. The van der Waals surface area contributed by atoms with Crippen LogP contribution in [0.1, 0.15) is 58.9 Å². The molecule has 0 N–H and O–H groups in total. The number of rotatable bonds is 8. The Morgan fingerprint density at radius 2 is 1.80 bits per heavy atom. The Kier molecular flexibility index (Phi) is 6.04. The Bertz CT molecular complexity index is 1470. The highest BCUT2D eigenvalue weighted by molar-refractivity contribution is 7.99. The normalized spacial score (nSPS) is 13.5. The third-order valence-electron chi connectivity index (χ3n) is 6.82. The van der Waals surface area contributed by atoms with E-state index in [0.29, 0.717) is 17.2 Å². The lowest BCUT2D eigenvalue weighted by atomic mass is 10.2. The van der Waals surface area contributed by atoms with Crippen molar-refractivity contribution in [2.75, 3.05) is 5.75 Å². The third kappa shape index (κ3) is 3.97. The van der Waals surface area contributed by atoms with Crippen LogP contribution in [-0.2, 0) is 13.6 Å². The average Bonchev–Trinajstić information content (AvgIpc) is 3.50. The molecule has 0 bridgehead atoms. The molecule has 35 heavy (non-hydrogen) atoms. The summed E-state index contributed by atoms with van der Waals surface area (Å²) in [5, 5.41) is 9.50. The number of benzene rings is 1. The topological polar surface area (TPSA) is 79.6 Å². The summed E-state index contributed by atoms with van der Waals surface area (Å²) in [4.78, 5) is 26.8. The number of hydrogen-bond donors (Lipinski definition) is 0. The van der Waals surface area contributed by atoms with Gasteiger partial charge in [-0.25, -0.2) is 4.68 Å². The predicted octanol–water partition coefficient (Wildman–Crippen LogP) is 4.36. The van der Waals surface area contributed by atoms with E-state index < -0.39 is 0 Å². The molecule has 0 radical (unpaired) electrons. The van der Waals surface area contributed by atoms with E-state index in [4.69, 9.17) is 0 Å². The molecule has 0 saturated heterocycles. The number of thioether (sulfide) groups is 1. The number of ketones is 1. The van der Waals surface area contributed by atoms with Gasteiger partial charge in [0.05, 0.1) is 17.1 Å². The molecule has 0 unspecified atom stereocenters. The van der Waals surface area contributed by atoms with Crippen LogP contribution in [0.4, 0.5) is 0 Å². The van der Waals surface area contributed by atoms with Gasteiger partial charge in [0.15, 0.2) is 10.9 Å². The molecular weight excluding hydrogens is 460 g/mol. The molecule has 1 aliphatic carbocycles. The number of nitrogens with zero attached hydrogens (tertiary/aromatic N) is 6. The van der Waals surface area contributed by atoms with Crippen LogP contribution in [0.25, 0.3) is 11.4 Å². The van der Waals surface area contributed by atoms with Crippen LogP contribution in [0, 0.1) is 20.8 Å². The first kappa shape index (κ1) is 23.4. The van der Waals surface area contributed by atoms with Crippen molar-refractivity contribution < 1.29 is 4.79 Å². The molecule has 5 rings (SSSR count). The Labute approximate surface area is 208 Å². The summed E-state index contributed by atoms with van der Waals surface area (Å²) in [6.45, 7) is 8.65. The summed E-state index contributed by atoms with van der Waals surface area (Å²) in [7, 11) is 1.88. The Morgan fingerprint density at radius 3 is 2.46 bits per heavy atom. The minimum absolute atomic E-state index is 0.0185. The summed E-state index contributed by atoms with van der Waals surface area (Å²) >= 11 is 1.43. The average molecular weight is 491 g/mol. The van der Waals surface area contributed by atoms with Gasteiger partial charge in [-0.3, -0.25) is 14.3 Å². The van der Waals surface area contributed by atoms with Crippen molar-refractivity contribution in [1.29, 1.82) is 0 Å². The summed E-state index contributed by atoms with van der Waals surface area (Å²) in [5.41, 5.74) is 4.35. The number of para-hydroxylation sites is 1. The van der Waals surface area contributed by atoms with Crippen LogP contribution in [0.3, 0.4) is 0 Å². The maximum absolute atomic E-state index is 13.6. The van der Waals surface area contributed by atoms with E-state index in [1.807, 2.05) is 73.5 Å². The second-order valence-corrected chi connectivity index (χ2v) is 10.0. The van der Waals surface area contributed by atoms with Gasteiger partial charge in [-0.15, -0.1) is 10.2 Å². The predicted molar refractivity (Wildman–Crippen MR) is 137 cm³/mol. The van der Waals surface area contributed by atoms with E-state index in [-0.39, 0.29) is 17.1 Å². The van der Waals surface area contributed by atoms with Crippen LogP contribution in [-0.4, -0.2) is 40.2 Å². The lowest BCUT2D eigenvalue weighted by Gasteiger charge is -2.09. The molecule has 182 valence electrons. The number of aryl methyl sites for hydroxylation is 1. The Hall–Kier alpha value is -3.33. The van der Waals surface area contributed by atoms with Crippen molar-refractivity contribution in [2.24, 2.45) is 7.05 Å². The second kappa shape index (κ2) is 9.03. The molecule has 9 heteroatoms. The molecule has 1 aromatic carbocycles. The molecule has 4 aromatic rings. The van der Waals surface area contributed by atoms with E-state index in [1.54, 1.807) is 4.68 Å². The van der Waals surface area contributed by atoms with Crippen LogP contribution in [0.15, 0.2) is 46.3 Å². The first-order chi connectivity index (χ1) is 16.8. The lowest BCUT2D eigenvalue weighted by molar-refractivity contribution is 0.102. The fourth-order valence-corrected chi connectivity index (χ4v) is 5.65. The van der Waals surface area contributed by atoms with Gasteiger partial charge in [-0.1, -0.05) is 30.0 Å². The number of hydrogen-bond acceptors (Lipinski definition) is 5. The largest absolute Gasteiger partial charge is 0.311 e. The van der Waals surface area contributed by atoms with Gasteiger partial charge in [0.1, 0.15) is 11.5 Å². The molecule has 0 spiro atoms. The Balaban J connectivity index is 1.45. The van der Waals surface area contributed by atoms with E-state index in [1.165, 1.54) is 24.6 Å².